The smallest absolute Gasteiger partial charge is 0.328 e. The molecule has 3 amide bonds. The summed E-state index contributed by atoms with van der Waals surface area (Å²) in [6.07, 6.45) is 1.12. The molecular weight excluding hydrogens is 424 g/mol. The molecule has 1 aromatic carbocycles. The number of esters is 1. The van der Waals surface area contributed by atoms with Gasteiger partial charge in [-0.25, -0.2) is 4.79 Å². The molecule has 3 atom stereocenters. The third-order valence-electron chi connectivity index (χ3n) is 5.94. The lowest BCUT2D eigenvalue weighted by molar-refractivity contribution is -0.146. The van der Waals surface area contributed by atoms with Crippen molar-refractivity contribution in [2.45, 2.75) is 52.1 Å². The number of aromatic amines is 1. The van der Waals surface area contributed by atoms with Gasteiger partial charge in [0.15, 0.2) is 0 Å². The van der Waals surface area contributed by atoms with E-state index in [0.29, 0.717) is 25.1 Å². The largest absolute Gasteiger partial charge is 0.467 e. The van der Waals surface area contributed by atoms with Gasteiger partial charge in [0, 0.05) is 23.4 Å². The van der Waals surface area contributed by atoms with Crippen LogP contribution in [0.2, 0.25) is 0 Å². The van der Waals surface area contributed by atoms with Gasteiger partial charge in [-0.1, -0.05) is 26.0 Å². The lowest BCUT2D eigenvalue weighted by Gasteiger charge is -2.24. The number of aryl methyl sites for hydroxylation is 1. The Hall–Kier alpha value is -3.36. The minimum atomic E-state index is -0.973. The lowest BCUT2D eigenvalue weighted by Crippen LogP contribution is -2.53. The van der Waals surface area contributed by atoms with Gasteiger partial charge in [-0.2, -0.15) is 0 Å². The SMILES string of the molecule is COC(=O)[C@H](C[C@@H]1CCNC1=O)NC(=O)[C@H](CC(C)C)NC(=O)c1cc2c(C)cccc2[nH]1. The van der Waals surface area contributed by atoms with E-state index in [1.54, 1.807) is 6.07 Å². The highest BCUT2D eigenvalue weighted by atomic mass is 16.5. The van der Waals surface area contributed by atoms with Gasteiger partial charge in [0.25, 0.3) is 5.91 Å². The average Bonchev–Trinajstić information content (AvgIpc) is 3.39. The molecule has 2 heterocycles. The zero-order chi connectivity index (χ0) is 24.1. The van der Waals surface area contributed by atoms with Crippen LogP contribution in [-0.2, 0) is 19.1 Å². The van der Waals surface area contributed by atoms with Crippen molar-refractivity contribution < 1.29 is 23.9 Å². The number of fused-ring (bicyclic) bond motifs is 1. The Morgan fingerprint density at radius 3 is 2.55 bits per heavy atom. The van der Waals surface area contributed by atoms with Crippen LogP contribution in [0.4, 0.5) is 0 Å². The Balaban J connectivity index is 1.74. The highest BCUT2D eigenvalue weighted by Gasteiger charge is 2.34. The summed E-state index contributed by atoms with van der Waals surface area (Å²) < 4.78 is 4.84. The van der Waals surface area contributed by atoms with Crippen LogP contribution in [0, 0.1) is 18.8 Å². The first-order chi connectivity index (χ1) is 15.7. The summed E-state index contributed by atoms with van der Waals surface area (Å²) >= 11 is 0. The fourth-order valence-electron chi connectivity index (χ4n) is 4.15. The molecule has 0 saturated carbocycles. The van der Waals surface area contributed by atoms with Gasteiger partial charge < -0.3 is 25.7 Å². The molecule has 4 N–H and O–H groups in total. The minimum Gasteiger partial charge on any atom is -0.467 e. The maximum absolute atomic E-state index is 13.1. The molecule has 1 aliphatic rings. The van der Waals surface area contributed by atoms with Gasteiger partial charge in [-0.3, -0.25) is 14.4 Å². The van der Waals surface area contributed by atoms with Crippen LogP contribution in [0.1, 0.15) is 49.2 Å². The van der Waals surface area contributed by atoms with Gasteiger partial charge in [0.2, 0.25) is 11.8 Å². The van der Waals surface area contributed by atoms with Crippen molar-refractivity contribution in [1.29, 1.82) is 0 Å². The normalized spacial score (nSPS) is 17.5. The van der Waals surface area contributed by atoms with Crippen LogP contribution < -0.4 is 16.0 Å². The second-order valence-corrected chi connectivity index (χ2v) is 8.97. The van der Waals surface area contributed by atoms with E-state index < -0.39 is 29.9 Å². The first-order valence-electron chi connectivity index (χ1n) is 11.2. The molecule has 1 fully saturated rings. The zero-order valence-electron chi connectivity index (χ0n) is 19.5. The van der Waals surface area contributed by atoms with Gasteiger partial charge in [-0.15, -0.1) is 0 Å². The fraction of sp³-hybridized carbons (Fsp3) is 0.500. The number of nitrogens with one attached hydrogen (secondary N) is 4. The first kappa shape index (κ1) is 24.3. The molecule has 0 bridgehead atoms. The number of benzene rings is 1. The van der Waals surface area contributed by atoms with Crippen molar-refractivity contribution in [1.82, 2.24) is 20.9 Å². The summed E-state index contributed by atoms with van der Waals surface area (Å²) in [5, 5.41) is 9.16. The predicted molar refractivity (Wildman–Crippen MR) is 123 cm³/mol. The van der Waals surface area contributed by atoms with E-state index in [9.17, 15) is 19.2 Å². The molecule has 0 aliphatic carbocycles. The molecular formula is C24H32N4O5. The summed E-state index contributed by atoms with van der Waals surface area (Å²) in [5.41, 5.74) is 2.23. The third kappa shape index (κ3) is 5.91. The topological polar surface area (TPSA) is 129 Å². The average molecular weight is 457 g/mol. The van der Waals surface area contributed by atoms with Crippen molar-refractivity contribution >= 4 is 34.6 Å². The molecule has 1 aliphatic heterocycles. The van der Waals surface area contributed by atoms with Crippen LogP contribution in [0.5, 0.6) is 0 Å². The standard InChI is InChI=1S/C24H32N4O5/c1-13(2)10-18(27-23(31)19-12-16-14(3)6-5-7-17(16)26-19)22(30)28-20(24(32)33-4)11-15-8-9-25-21(15)29/h5-7,12-13,15,18,20,26H,8-11H2,1-4H3,(H,25,29)(H,27,31)(H,28,30)/t15-,18-,20-/m0/s1. The Morgan fingerprint density at radius 1 is 1.18 bits per heavy atom. The second-order valence-electron chi connectivity index (χ2n) is 8.97. The molecule has 0 spiro atoms. The summed E-state index contributed by atoms with van der Waals surface area (Å²) in [6.45, 7) is 6.39. The van der Waals surface area contributed by atoms with Gasteiger partial charge in [0.05, 0.1) is 7.11 Å². The van der Waals surface area contributed by atoms with Crippen LogP contribution >= 0.6 is 0 Å². The van der Waals surface area contributed by atoms with E-state index in [1.807, 2.05) is 39.0 Å². The summed E-state index contributed by atoms with van der Waals surface area (Å²) in [4.78, 5) is 53.4. The number of methoxy groups -OCH3 is 1. The molecule has 2 aromatic rings. The highest BCUT2D eigenvalue weighted by molar-refractivity contribution is 6.01. The van der Waals surface area contributed by atoms with E-state index >= 15 is 0 Å². The monoisotopic (exact) mass is 456 g/mol. The molecule has 1 saturated heterocycles. The highest BCUT2D eigenvalue weighted by Crippen LogP contribution is 2.20. The van der Waals surface area contributed by atoms with E-state index in [4.69, 9.17) is 4.74 Å². The number of aromatic nitrogens is 1. The number of ether oxygens (including phenoxy) is 1. The quantitative estimate of drug-likeness (QED) is 0.428. The number of hydrogen-bond donors (Lipinski definition) is 4. The first-order valence-corrected chi connectivity index (χ1v) is 11.2. The molecule has 9 heteroatoms. The summed E-state index contributed by atoms with van der Waals surface area (Å²) in [5.74, 6) is -1.91. The summed E-state index contributed by atoms with van der Waals surface area (Å²) in [6, 6.07) is 5.69. The molecule has 9 nitrogen and oxygen atoms in total. The molecule has 0 radical (unpaired) electrons. The number of rotatable bonds is 9. The molecule has 33 heavy (non-hydrogen) atoms. The molecule has 178 valence electrons. The minimum absolute atomic E-state index is 0.114. The number of carbonyl (C=O) groups is 4. The van der Waals surface area contributed by atoms with E-state index in [-0.39, 0.29) is 24.2 Å². The van der Waals surface area contributed by atoms with Crippen LogP contribution in [-0.4, -0.2) is 54.4 Å². The number of carbonyl (C=O) groups excluding carboxylic acids is 4. The molecule has 3 rings (SSSR count). The maximum Gasteiger partial charge on any atom is 0.328 e. The van der Waals surface area contributed by atoms with Gasteiger partial charge >= 0.3 is 5.97 Å². The van der Waals surface area contributed by atoms with Crippen molar-refractivity contribution in [3.63, 3.8) is 0 Å². The second kappa shape index (κ2) is 10.5. The summed E-state index contributed by atoms with van der Waals surface area (Å²) in [7, 11) is 1.24. The fourth-order valence-corrected chi connectivity index (χ4v) is 4.15. The van der Waals surface area contributed by atoms with E-state index in [2.05, 4.69) is 20.9 Å². The van der Waals surface area contributed by atoms with E-state index in [1.165, 1.54) is 7.11 Å². The van der Waals surface area contributed by atoms with Gasteiger partial charge in [0.1, 0.15) is 17.8 Å². The van der Waals surface area contributed by atoms with Crippen molar-refractivity contribution in [3.05, 3.63) is 35.5 Å². The Bertz CT molecular complexity index is 1040. The van der Waals surface area contributed by atoms with Gasteiger partial charge in [-0.05, 0) is 49.8 Å². The van der Waals surface area contributed by atoms with Crippen LogP contribution in [0.15, 0.2) is 24.3 Å². The van der Waals surface area contributed by atoms with E-state index in [0.717, 1.165) is 16.5 Å². The number of hydrogen-bond acceptors (Lipinski definition) is 5. The lowest BCUT2D eigenvalue weighted by atomic mass is 9.97. The molecule has 1 aromatic heterocycles. The predicted octanol–water partition coefficient (Wildman–Crippen LogP) is 1.80. The zero-order valence-corrected chi connectivity index (χ0v) is 19.5. The number of amides is 3. The third-order valence-corrected chi connectivity index (χ3v) is 5.94. The van der Waals surface area contributed by atoms with Crippen molar-refractivity contribution in [3.8, 4) is 0 Å². The molecule has 0 unspecified atom stereocenters. The Labute approximate surface area is 193 Å². The van der Waals surface area contributed by atoms with Crippen LogP contribution in [0.3, 0.4) is 0 Å². The Morgan fingerprint density at radius 2 is 1.94 bits per heavy atom. The number of H-pyrrole nitrogens is 1. The van der Waals surface area contributed by atoms with Crippen LogP contribution in [0.25, 0.3) is 10.9 Å². The van der Waals surface area contributed by atoms with Crippen molar-refractivity contribution in [2.75, 3.05) is 13.7 Å². The maximum atomic E-state index is 13.1. The Kier molecular flexibility index (Phi) is 7.73. The van der Waals surface area contributed by atoms with Crippen molar-refractivity contribution in [2.24, 2.45) is 11.8 Å².